The molecule has 0 bridgehead atoms. The summed E-state index contributed by atoms with van der Waals surface area (Å²) in [5, 5.41) is 8.15. The number of ether oxygens (including phenoxy) is 3. The minimum atomic E-state index is -0.184. The van der Waals surface area contributed by atoms with Crippen LogP contribution in [-0.2, 0) is 0 Å². The summed E-state index contributed by atoms with van der Waals surface area (Å²) in [4.78, 5) is 32.9. The zero-order valence-corrected chi connectivity index (χ0v) is 23.9. The third kappa shape index (κ3) is 5.47. The van der Waals surface area contributed by atoms with Gasteiger partial charge in [-0.1, -0.05) is 36.4 Å². The number of hydrogen-bond donors (Lipinski definition) is 1. The minimum Gasteiger partial charge on any atom is -0.493 e. The Bertz CT molecular complexity index is 1530. The molecule has 1 N–H and O–H groups in total. The average molecular weight is 560 g/mol. The first kappa shape index (κ1) is 27.5. The number of amides is 2. The number of fused-ring (bicyclic) bond motifs is 1. The van der Waals surface area contributed by atoms with Crippen molar-refractivity contribution in [3.8, 4) is 17.2 Å². The van der Waals surface area contributed by atoms with E-state index in [0.717, 1.165) is 28.8 Å². The molecule has 2 heterocycles. The summed E-state index contributed by atoms with van der Waals surface area (Å²) < 4.78 is 16.3. The molecule has 5 rings (SSSR count). The molecule has 2 amide bonds. The number of carbonyl (C=O) groups is 2. The molecule has 0 aliphatic carbocycles. The van der Waals surface area contributed by atoms with Gasteiger partial charge in [0.2, 0.25) is 5.75 Å². The van der Waals surface area contributed by atoms with Crippen LogP contribution in [0.5, 0.6) is 17.2 Å². The SMILES string of the molecule is COc1ccc(C(=O)N2CCC(c3nc(C(=O)NC(C)c4ccc5ccccc5c4)cs3)CC2)c(OC)c1OC. The van der Waals surface area contributed by atoms with Gasteiger partial charge in [-0.2, -0.15) is 0 Å². The Labute approximate surface area is 237 Å². The summed E-state index contributed by atoms with van der Waals surface area (Å²) in [6.45, 7) is 3.15. The van der Waals surface area contributed by atoms with E-state index in [9.17, 15) is 9.59 Å². The van der Waals surface area contributed by atoms with Crippen LogP contribution in [0.15, 0.2) is 60.0 Å². The Morgan fingerprint density at radius 1 is 0.950 bits per heavy atom. The number of nitrogens with zero attached hydrogens (tertiary/aromatic N) is 2. The molecule has 1 aromatic heterocycles. The Morgan fingerprint density at radius 2 is 1.68 bits per heavy atom. The summed E-state index contributed by atoms with van der Waals surface area (Å²) in [5.74, 6) is 1.16. The highest BCUT2D eigenvalue weighted by Crippen LogP contribution is 2.41. The fourth-order valence-electron chi connectivity index (χ4n) is 5.18. The van der Waals surface area contributed by atoms with Gasteiger partial charge < -0.3 is 24.4 Å². The molecule has 1 unspecified atom stereocenters. The molecular formula is C31H33N3O5S. The van der Waals surface area contributed by atoms with E-state index in [0.29, 0.717) is 41.6 Å². The number of carbonyl (C=O) groups excluding carboxylic acids is 2. The van der Waals surface area contributed by atoms with Crippen molar-refractivity contribution in [3.05, 3.63) is 81.8 Å². The summed E-state index contributed by atoms with van der Waals surface area (Å²) in [6, 6.07) is 17.7. The maximum absolute atomic E-state index is 13.4. The highest BCUT2D eigenvalue weighted by atomic mass is 32.1. The Balaban J connectivity index is 1.20. The van der Waals surface area contributed by atoms with E-state index in [1.807, 2.05) is 35.4 Å². The van der Waals surface area contributed by atoms with Gasteiger partial charge >= 0.3 is 0 Å². The van der Waals surface area contributed by atoms with E-state index >= 15 is 0 Å². The number of benzene rings is 3. The van der Waals surface area contributed by atoms with Crippen LogP contribution < -0.4 is 19.5 Å². The second-order valence-electron chi connectivity index (χ2n) is 9.82. The van der Waals surface area contributed by atoms with Crippen LogP contribution in [0.4, 0.5) is 0 Å². The molecule has 9 heteroatoms. The lowest BCUT2D eigenvalue weighted by Gasteiger charge is -2.31. The smallest absolute Gasteiger partial charge is 0.271 e. The summed E-state index contributed by atoms with van der Waals surface area (Å²) in [5.41, 5.74) is 1.92. The van der Waals surface area contributed by atoms with E-state index in [2.05, 4.69) is 34.6 Å². The molecule has 0 spiro atoms. The molecule has 0 radical (unpaired) electrons. The molecule has 1 aliphatic rings. The van der Waals surface area contributed by atoms with Crippen LogP contribution in [0.2, 0.25) is 0 Å². The molecule has 4 aromatic rings. The van der Waals surface area contributed by atoms with Crippen molar-refractivity contribution in [1.29, 1.82) is 0 Å². The number of hydrogen-bond acceptors (Lipinski definition) is 7. The van der Waals surface area contributed by atoms with Crippen LogP contribution in [-0.4, -0.2) is 56.1 Å². The van der Waals surface area contributed by atoms with E-state index in [1.165, 1.54) is 30.9 Å². The minimum absolute atomic E-state index is 0.113. The number of methoxy groups -OCH3 is 3. The van der Waals surface area contributed by atoms with E-state index in [4.69, 9.17) is 14.2 Å². The van der Waals surface area contributed by atoms with E-state index in [-0.39, 0.29) is 23.8 Å². The van der Waals surface area contributed by atoms with Gasteiger partial charge in [-0.05, 0) is 54.3 Å². The van der Waals surface area contributed by atoms with Crippen molar-refractivity contribution < 1.29 is 23.8 Å². The lowest BCUT2D eigenvalue weighted by molar-refractivity contribution is 0.0708. The maximum Gasteiger partial charge on any atom is 0.271 e. The van der Waals surface area contributed by atoms with Crippen molar-refractivity contribution in [1.82, 2.24) is 15.2 Å². The quantitative estimate of drug-likeness (QED) is 0.292. The van der Waals surface area contributed by atoms with E-state index in [1.54, 1.807) is 19.2 Å². The van der Waals surface area contributed by atoms with Crippen LogP contribution in [0.3, 0.4) is 0 Å². The van der Waals surface area contributed by atoms with Crippen molar-refractivity contribution in [2.24, 2.45) is 0 Å². The van der Waals surface area contributed by atoms with Gasteiger partial charge in [-0.3, -0.25) is 9.59 Å². The van der Waals surface area contributed by atoms with E-state index < -0.39 is 0 Å². The molecule has 1 aliphatic heterocycles. The van der Waals surface area contributed by atoms with Crippen LogP contribution in [0, 0.1) is 0 Å². The number of thiazole rings is 1. The topological polar surface area (TPSA) is 90.0 Å². The predicted octanol–water partition coefficient (Wildman–Crippen LogP) is 5.83. The zero-order valence-electron chi connectivity index (χ0n) is 23.1. The Morgan fingerprint density at radius 3 is 2.38 bits per heavy atom. The fraction of sp³-hybridized carbons (Fsp3) is 0.323. The number of piperidine rings is 1. The lowest BCUT2D eigenvalue weighted by atomic mass is 9.96. The second kappa shape index (κ2) is 12.0. The summed E-state index contributed by atoms with van der Waals surface area (Å²) in [6.07, 6.45) is 1.53. The third-order valence-electron chi connectivity index (χ3n) is 7.44. The van der Waals surface area contributed by atoms with Crippen molar-refractivity contribution >= 4 is 33.9 Å². The second-order valence-corrected chi connectivity index (χ2v) is 10.7. The van der Waals surface area contributed by atoms with Crippen LogP contribution in [0.25, 0.3) is 10.8 Å². The summed E-state index contributed by atoms with van der Waals surface area (Å²) >= 11 is 1.50. The van der Waals surface area contributed by atoms with Gasteiger partial charge in [0.1, 0.15) is 5.69 Å². The number of aromatic nitrogens is 1. The van der Waals surface area contributed by atoms with Crippen LogP contribution in [0.1, 0.15) is 63.1 Å². The Hall–Kier alpha value is -4.11. The molecule has 8 nitrogen and oxygen atoms in total. The first-order valence-electron chi connectivity index (χ1n) is 13.3. The van der Waals surface area contributed by atoms with Crippen molar-refractivity contribution in [3.63, 3.8) is 0 Å². The normalized spacial score (nSPS) is 14.6. The van der Waals surface area contributed by atoms with Crippen molar-refractivity contribution in [2.75, 3.05) is 34.4 Å². The molecule has 208 valence electrons. The van der Waals surface area contributed by atoms with Gasteiger partial charge in [0, 0.05) is 24.4 Å². The van der Waals surface area contributed by atoms with Gasteiger partial charge in [-0.25, -0.2) is 4.98 Å². The molecule has 40 heavy (non-hydrogen) atoms. The summed E-state index contributed by atoms with van der Waals surface area (Å²) in [7, 11) is 4.58. The monoisotopic (exact) mass is 559 g/mol. The number of likely N-dealkylation sites (tertiary alicyclic amines) is 1. The molecular weight excluding hydrogens is 526 g/mol. The molecule has 3 aromatic carbocycles. The van der Waals surface area contributed by atoms with Gasteiger partial charge in [0.15, 0.2) is 11.5 Å². The lowest BCUT2D eigenvalue weighted by Crippen LogP contribution is -2.38. The average Bonchev–Trinajstić information content (AvgIpc) is 3.50. The van der Waals surface area contributed by atoms with Crippen molar-refractivity contribution in [2.45, 2.75) is 31.7 Å². The van der Waals surface area contributed by atoms with Gasteiger partial charge in [-0.15, -0.1) is 11.3 Å². The fourth-order valence-corrected chi connectivity index (χ4v) is 6.15. The van der Waals surface area contributed by atoms with Gasteiger partial charge in [0.25, 0.3) is 11.8 Å². The highest BCUT2D eigenvalue weighted by Gasteiger charge is 2.30. The molecule has 1 fully saturated rings. The zero-order chi connectivity index (χ0) is 28.2. The standard InChI is InChI=1S/C31H33N3O5S/c1-19(22-10-9-20-7-5-6-8-23(20)17-22)32-29(35)25-18-40-30(33-25)21-13-15-34(16-14-21)31(36)24-11-12-26(37-2)28(39-4)27(24)38-3/h5-12,17-19,21H,13-16H2,1-4H3,(H,32,35). The largest absolute Gasteiger partial charge is 0.493 e. The molecule has 1 atom stereocenters. The predicted molar refractivity (Wildman–Crippen MR) is 156 cm³/mol. The van der Waals surface area contributed by atoms with Crippen LogP contribution >= 0.6 is 11.3 Å². The molecule has 1 saturated heterocycles. The first-order chi connectivity index (χ1) is 19.4. The van der Waals surface area contributed by atoms with Gasteiger partial charge in [0.05, 0.1) is 37.9 Å². The molecule has 0 saturated carbocycles. The first-order valence-corrected chi connectivity index (χ1v) is 14.1. The number of nitrogens with one attached hydrogen (secondary N) is 1. The Kier molecular flexibility index (Phi) is 8.21. The maximum atomic E-state index is 13.4. The number of rotatable bonds is 8. The highest BCUT2D eigenvalue weighted by molar-refractivity contribution is 7.09. The third-order valence-corrected chi connectivity index (χ3v) is 8.45.